The minimum absolute atomic E-state index is 0.00443. The van der Waals surface area contributed by atoms with E-state index >= 15 is 0 Å². The minimum atomic E-state index is -0.753. The van der Waals surface area contributed by atoms with Gasteiger partial charge in [0.2, 0.25) is 0 Å². The normalized spacial score (nSPS) is 23.6. The zero-order chi connectivity index (χ0) is 20.4. The molecule has 1 aliphatic rings. The number of hydrogen-bond donors (Lipinski definition) is 3. The molecule has 0 saturated heterocycles. The smallest absolute Gasteiger partial charge is 0.303 e. The van der Waals surface area contributed by atoms with Crippen molar-refractivity contribution < 1.29 is 20.1 Å². The van der Waals surface area contributed by atoms with Crippen molar-refractivity contribution >= 4 is 17.6 Å². The van der Waals surface area contributed by atoms with E-state index in [0.29, 0.717) is 24.7 Å². The molecule has 3 N–H and O–H groups in total. The molecule has 0 bridgehead atoms. The highest BCUT2D eigenvalue weighted by Gasteiger charge is 2.32. The van der Waals surface area contributed by atoms with Gasteiger partial charge in [-0.25, -0.2) is 0 Å². The van der Waals surface area contributed by atoms with E-state index in [1.807, 2.05) is 30.3 Å². The molecule has 5 heteroatoms. The molecule has 4 atom stereocenters. The summed E-state index contributed by atoms with van der Waals surface area (Å²) in [5.74, 6) is -0.0555. The Bertz CT molecular complexity index is 670. The number of unbranched alkanes of at least 4 members (excludes halogenated alkanes) is 1. The van der Waals surface area contributed by atoms with Crippen LogP contribution < -0.4 is 0 Å². The number of allylic oxidation sites excluding steroid dienone is 3. The number of carbonyl (C=O) groups is 1. The Morgan fingerprint density at radius 2 is 2.04 bits per heavy atom. The van der Waals surface area contributed by atoms with Gasteiger partial charge in [0.15, 0.2) is 0 Å². The number of aliphatic carboxylic acids is 1. The SMILES string of the molecule is O=C(O)CCC/C=C\C[C@H]1C(Cl)CC[C@@H]1/C=C/C(O)Cc1cccc(CO)c1. The van der Waals surface area contributed by atoms with Gasteiger partial charge in [-0.1, -0.05) is 48.6 Å². The summed E-state index contributed by atoms with van der Waals surface area (Å²) in [5.41, 5.74) is 1.86. The van der Waals surface area contributed by atoms with E-state index in [9.17, 15) is 15.0 Å². The van der Waals surface area contributed by atoms with Gasteiger partial charge in [0, 0.05) is 18.2 Å². The Morgan fingerprint density at radius 1 is 1.25 bits per heavy atom. The Morgan fingerprint density at radius 3 is 2.79 bits per heavy atom. The van der Waals surface area contributed by atoms with Crippen LogP contribution in [0.25, 0.3) is 0 Å². The third-order valence-corrected chi connectivity index (χ3v) is 5.87. The molecule has 1 aliphatic carbocycles. The van der Waals surface area contributed by atoms with E-state index < -0.39 is 12.1 Å². The molecule has 4 nitrogen and oxygen atoms in total. The predicted molar refractivity (Wildman–Crippen MR) is 112 cm³/mol. The van der Waals surface area contributed by atoms with E-state index in [4.69, 9.17) is 16.7 Å². The van der Waals surface area contributed by atoms with Crippen LogP contribution in [0.2, 0.25) is 0 Å². The highest BCUT2D eigenvalue weighted by molar-refractivity contribution is 6.21. The molecule has 0 radical (unpaired) electrons. The number of carboxylic acids is 1. The Labute approximate surface area is 172 Å². The number of rotatable bonds is 11. The second kappa shape index (κ2) is 12.1. The summed E-state index contributed by atoms with van der Waals surface area (Å²) in [4.78, 5) is 10.5. The molecule has 2 unspecified atom stereocenters. The lowest BCUT2D eigenvalue weighted by Gasteiger charge is -2.18. The first kappa shape index (κ1) is 22.7. The van der Waals surface area contributed by atoms with E-state index in [0.717, 1.165) is 36.8 Å². The van der Waals surface area contributed by atoms with Crippen molar-refractivity contribution in [1.29, 1.82) is 0 Å². The third-order valence-electron chi connectivity index (χ3n) is 5.33. The number of benzene rings is 1. The highest BCUT2D eigenvalue weighted by Crippen LogP contribution is 2.39. The second-order valence-corrected chi connectivity index (χ2v) is 8.11. The lowest BCUT2D eigenvalue weighted by atomic mass is 9.91. The van der Waals surface area contributed by atoms with Gasteiger partial charge >= 0.3 is 5.97 Å². The van der Waals surface area contributed by atoms with E-state index in [2.05, 4.69) is 18.2 Å². The Kier molecular flexibility index (Phi) is 9.76. The van der Waals surface area contributed by atoms with Crippen LogP contribution >= 0.6 is 11.6 Å². The van der Waals surface area contributed by atoms with Crippen LogP contribution in [0.3, 0.4) is 0 Å². The highest BCUT2D eigenvalue weighted by atomic mass is 35.5. The van der Waals surface area contributed by atoms with Crippen LogP contribution in [0.5, 0.6) is 0 Å². The maximum Gasteiger partial charge on any atom is 0.303 e. The fourth-order valence-corrected chi connectivity index (χ4v) is 4.20. The summed E-state index contributed by atoms with van der Waals surface area (Å²) in [6.45, 7) is 0.00443. The quantitative estimate of drug-likeness (QED) is 0.288. The predicted octanol–water partition coefficient (Wildman–Crippen LogP) is 4.47. The summed E-state index contributed by atoms with van der Waals surface area (Å²) in [5, 5.41) is 28.4. The number of aliphatic hydroxyl groups excluding tert-OH is 2. The monoisotopic (exact) mass is 406 g/mol. The van der Waals surface area contributed by atoms with Crippen molar-refractivity contribution in [1.82, 2.24) is 0 Å². The van der Waals surface area contributed by atoms with Gasteiger partial charge < -0.3 is 15.3 Å². The maximum atomic E-state index is 10.5. The minimum Gasteiger partial charge on any atom is -0.481 e. The number of halogens is 1. The maximum absolute atomic E-state index is 10.5. The molecule has 1 fully saturated rings. The Balaban J connectivity index is 1.82. The standard InChI is InChI=1S/C23H31ClO4/c24-22-13-11-19(21(22)8-3-1-2-4-9-23(27)28)10-12-20(26)15-17-6-5-7-18(14-17)16-25/h1,3,5-7,10,12,14,19-22,25-26H,2,4,8-9,11,13,15-16H2,(H,27,28)/b3-1-,12-10+/t19-,20?,21+,22?/m0/s1. The van der Waals surface area contributed by atoms with Crippen molar-refractivity contribution in [2.75, 3.05) is 0 Å². The molecule has 1 aromatic rings. The molecule has 0 aliphatic heterocycles. The fourth-order valence-electron chi connectivity index (χ4n) is 3.79. The first-order valence-electron chi connectivity index (χ1n) is 10.1. The van der Waals surface area contributed by atoms with Crippen molar-refractivity contribution in [3.8, 4) is 0 Å². The molecule has 0 heterocycles. The van der Waals surface area contributed by atoms with Crippen molar-refractivity contribution in [3.05, 3.63) is 59.7 Å². The number of aliphatic hydroxyl groups is 2. The van der Waals surface area contributed by atoms with Crippen molar-refractivity contribution in [2.45, 2.75) is 63.0 Å². The number of hydrogen-bond acceptors (Lipinski definition) is 3. The molecule has 1 aromatic carbocycles. The topological polar surface area (TPSA) is 77.8 Å². The summed E-state index contributed by atoms with van der Waals surface area (Å²) in [6.07, 6.45) is 12.6. The van der Waals surface area contributed by atoms with Crippen LogP contribution in [0.15, 0.2) is 48.6 Å². The molecular formula is C23H31ClO4. The van der Waals surface area contributed by atoms with E-state index in [-0.39, 0.29) is 18.4 Å². The van der Waals surface area contributed by atoms with Crippen LogP contribution in [0.4, 0.5) is 0 Å². The summed E-state index contributed by atoms with van der Waals surface area (Å²) in [6, 6.07) is 7.63. The van der Waals surface area contributed by atoms with E-state index in [1.165, 1.54) is 0 Å². The van der Waals surface area contributed by atoms with Gasteiger partial charge in [-0.15, -0.1) is 11.6 Å². The summed E-state index contributed by atoms with van der Waals surface area (Å²) < 4.78 is 0. The lowest BCUT2D eigenvalue weighted by molar-refractivity contribution is -0.137. The molecule has 0 spiro atoms. The molecule has 154 valence electrons. The fraction of sp³-hybridized carbons (Fsp3) is 0.522. The molecular weight excluding hydrogens is 376 g/mol. The molecule has 2 rings (SSSR count). The largest absolute Gasteiger partial charge is 0.481 e. The zero-order valence-electron chi connectivity index (χ0n) is 16.2. The summed E-state index contributed by atoms with van der Waals surface area (Å²) >= 11 is 6.50. The Hall–Kier alpha value is -1.62. The summed E-state index contributed by atoms with van der Waals surface area (Å²) in [7, 11) is 0. The van der Waals surface area contributed by atoms with Crippen molar-refractivity contribution in [2.24, 2.45) is 11.8 Å². The van der Waals surface area contributed by atoms with Crippen LogP contribution in [0.1, 0.15) is 49.7 Å². The van der Waals surface area contributed by atoms with Crippen LogP contribution in [0, 0.1) is 11.8 Å². The van der Waals surface area contributed by atoms with Gasteiger partial charge in [0.25, 0.3) is 0 Å². The first-order chi connectivity index (χ1) is 13.5. The third kappa shape index (κ3) is 7.78. The van der Waals surface area contributed by atoms with Gasteiger partial charge in [0.05, 0.1) is 12.7 Å². The zero-order valence-corrected chi connectivity index (χ0v) is 17.0. The lowest BCUT2D eigenvalue weighted by Crippen LogP contribution is -2.14. The average Bonchev–Trinajstić information content (AvgIpc) is 3.02. The van der Waals surface area contributed by atoms with Crippen LogP contribution in [-0.4, -0.2) is 32.8 Å². The van der Waals surface area contributed by atoms with E-state index in [1.54, 1.807) is 0 Å². The molecule has 28 heavy (non-hydrogen) atoms. The molecule has 0 aromatic heterocycles. The molecule has 1 saturated carbocycles. The van der Waals surface area contributed by atoms with Crippen LogP contribution in [-0.2, 0) is 17.8 Å². The number of carboxylic acid groups (broad SMARTS) is 1. The first-order valence-corrected chi connectivity index (χ1v) is 10.5. The van der Waals surface area contributed by atoms with Gasteiger partial charge in [-0.3, -0.25) is 4.79 Å². The van der Waals surface area contributed by atoms with Crippen molar-refractivity contribution in [3.63, 3.8) is 0 Å². The average molecular weight is 407 g/mol. The molecule has 0 amide bonds. The second-order valence-electron chi connectivity index (χ2n) is 7.55. The van der Waals surface area contributed by atoms with Gasteiger partial charge in [-0.05, 0) is 55.1 Å². The van der Waals surface area contributed by atoms with Gasteiger partial charge in [0.1, 0.15) is 0 Å². The van der Waals surface area contributed by atoms with Gasteiger partial charge in [-0.2, -0.15) is 0 Å². The number of alkyl halides is 1.